The van der Waals surface area contributed by atoms with Crippen LogP contribution < -0.4 is 5.32 Å². The standard InChI is InChI=1S/C5H5NO4/c7-3-6-4(8)1-2-5(9)10/h1-3H,(H,9,10)(H,6,7,8)/b2-1+. The molecule has 0 aromatic carbocycles. The molecule has 0 aliphatic rings. The number of amides is 2. The summed E-state index contributed by atoms with van der Waals surface area (Å²) in [4.78, 5) is 29.6. The molecule has 0 atom stereocenters. The number of aliphatic carboxylic acids is 1. The van der Waals surface area contributed by atoms with Gasteiger partial charge >= 0.3 is 5.97 Å². The van der Waals surface area contributed by atoms with Gasteiger partial charge in [-0.2, -0.15) is 0 Å². The van der Waals surface area contributed by atoms with Crippen LogP contribution in [0.2, 0.25) is 0 Å². The first-order valence-electron chi connectivity index (χ1n) is 2.32. The molecule has 0 spiro atoms. The molecule has 0 radical (unpaired) electrons. The van der Waals surface area contributed by atoms with E-state index in [4.69, 9.17) is 5.11 Å². The zero-order chi connectivity index (χ0) is 7.98. The summed E-state index contributed by atoms with van der Waals surface area (Å²) in [5, 5.41) is 9.71. The number of hydrogen-bond donors (Lipinski definition) is 2. The monoisotopic (exact) mass is 143 g/mol. The Balaban J connectivity index is 3.77. The van der Waals surface area contributed by atoms with Crippen LogP contribution in [0, 0.1) is 0 Å². The molecule has 2 N–H and O–H groups in total. The van der Waals surface area contributed by atoms with Gasteiger partial charge in [0.25, 0.3) is 5.91 Å². The van der Waals surface area contributed by atoms with E-state index in [2.05, 4.69) is 0 Å². The summed E-state index contributed by atoms with van der Waals surface area (Å²) in [6.45, 7) is 0. The molecule has 0 bridgehead atoms. The molecule has 0 aromatic rings. The van der Waals surface area contributed by atoms with Gasteiger partial charge in [0, 0.05) is 12.2 Å². The lowest BCUT2D eigenvalue weighted by Gasteiger charge is -1.84. The zero-order valence-corrected chi connectivity index (χ0v) is 4.90. The van der Waals surface area contributed by atoms with Crippen LogP contribution >= 0.6 is 0 Å². The van der Waals surface area contributed by atoms with Crippen molar-refractivity contribution in [2.45, 2.75) is 0 Å². The van der Waals surface area contributed by atoms with Crippen LogP contribution in [-0.2, 0) is 14.4 Å². The molecule has 0 fully saturated rings. The van der Waals surface area contributed by atoms with Gasteiger partial charge in [0.1, 0.15) is 0 Å². The molecule has 0 saturated heterocycles. The Morgan fingerprint density at radius 2 is 1.90 bits per heavy atom. The van der Waals surface area contributed by atoms with E-state index in [9.17, 15) is 14.4 Å². The van der Waals surface area contributed by atoms with Gasteiger partial charge in [0.05, 0.1) is 0 Å². The van der Waals surface area contributed by atoms with Crippen LogP contribution in [-0.4, -0.2) is 23.4 Å². The number of hydrogen-bond acceptors (Lipinski definition) is 3. The molecule has 0 unspecified atom stereocenters. The van der Waals surface area contributed by atoms with Gasteiger partial charge in [0.2, 0.25) is 6.41 Å². The number of nitrogens with one attached hydrogen (secondary N) is 1. The Morgan fingerprint density at radius 1 is 1.30 bits per heavy atom. The van der Waals surface area contributed by atoms with E-state index in [-0.39, 0.29) is 6.41 Å². The quantitative estimate of drug-likeness (QED) is 0.388. The molecular weight excluding hydrogens is 138 g/mol. The third kappa shape index (κ3) is 4.51. The predicted molar refractivity (Wildman–Crippen MR) is 31.0 cm³/mol. The molecule has 54 valence electrons. The molecule has 0 rings (SSSR count). The van der Waals surface area contributed by atoms with Crippen molar-refractivity contribution in [3.05, 3.63) is 12.2 Å². The average molecular weight is 143 g/mol. The Bertz CT molecular complexity index is 184. The van der Waals surface area contributed by atoms with Crippen molar-refractivity contribution in [2.24, 2.45) is 0 Å². The van der Waals surface area contributed by atoms with Crippen LogP contribution in [0.5, 0.6) is 0 Å². The first kappa shape index (κ1) is 8.35. The van der Waals surface area contributed by atoms with Gasteiger partial charge in [-0.3, -0.25) is 14.9 Å². The maximum absolute atomic E-state index is 10.3. The molecule has 5 heteroatoms. The van der Waals surface area contributed by atoms with E-state index < -0.39 is 11.9 Å². The Hall–Kier alpha value is -1.65. The highest BCUT2D eigenvalue weighted by Crippen LogP contribution is 1.71. The van der Waals surface area contributed by atoms with Crippen molar-refractivity contribution in [1.29, 1.82) is 0 Å². The molecule has 0 saturated carbocycles. The fourth-order valence-electron chi connectivity index (χ4n) is 0.253. The Labute approximate surface area is 56.3 Å². The molecule has 0 heterocycles. The maximum Gasteiger partial charge on any atom is 0.328 e. The van der Waals surface area contributed by atoms with Gasteiger partial charge in [0.15, 0.2) is 0 Å². The second kappa shape index (κ2) is 4.25. The van der Waals surface area contributed by atoms with Gasteiger partial charge < -0.3 is 5.11 Å². The Morgan fingerprint density at radius 3 is 2.30 bits per heavy atom. The van der Waals surface area contributed by atoms with E-state index >= 15 is 0 Å². The van der Waals surface area contributed by atoms with Crippen molar-refractivity contribution in [1.82, 2.24) is 5.32 Å². The number of imide groups is 1. The largest absolute Gasteiger partial charge is 0.478 e. The van der Waals surface area contributed by atoms with Gasteiger partial charge in [-0.15, -0.1) is 0 Å². The third-order valence-corrected chi connectivity index (χ3v) is 0.578. The minimum atomic E-state index is -1.24. The van der Waals surface area contributed by atoms with Crippen molar-refractivity contribution >= 4 is 18.3 Å². The minimum Gasteiger partial charge on any atom is -0.478 e. The number of carboxylic acid groups (broad SMARTS) is 1. The van der Waals surface area contributed by atoms with Crippen LogP contribution in [0.3, 0.4) is 0 Å². The summed E-state index contributed by atoms with van der Waals surface area (Å²) in [5.41, 5.74) is 0. The molecular formula is C5H5NO4. The third-order valence-electron chi connectivity index (χ3n) is 0.578. The topological polar surface area (TPSA) is 83.5 Å². The van der Waals surface area contributed by atoms with Crippen LogP contribution in [0.25, 0.3) is 0 Å². The van der Waals surface area contributed by atoms with Crippen LogP contribution in [0.4, 0.5) is 0 Å². The first-order chi connectivity index (χ1) is 4.66. The zero-order valence-electron chi connectivity index (χ0n) is 4.90. The highest BCUT2D eigenvalue weighted by atomic mass is 16.4. The lowest BCUT2D eigenvalue weighted by Crippen LogP contribution is -2.18. The lowest BCUT2D eigenvalue weighted by molar-refractivity contribution is -0.132. The summed E-state index contributed by atoms with van der Waals surface area (Å²) in [7, 11) is 0. The molecule has 2 amide bonds. The highest BCUT2D eigenvalue weighted by Gasteiger charge is 1.92. The smallest absolute Gasteiger partial charge is 0.328 e. The molecule has 10 heavy (non-hydrogen) atoms. The molecule has 0 aliphatic heterocycles. The van der Waals surface area contributed by atoms with Gasteiger partial charge in [-0.1, -0.05) is 0 Å². The van der Waals surface area contributed by atoms with Crippen molar-refractivity contribution in [3.63, 3.8) is 0 Å². The maximum atomic E-state index is 10.3. The van der Waals surface area contributed by atoms with Crippen molar-refractivity contribution in [3.8, 4) is 0 Å². The fourth-order valence-corrected chi connectivity index (χ4v) is 0.253. The normalized spacial score (nSPS) is 9.20. The molecule has 5 nitrogen and oxygen atoms in total. The summed E-state index contributed by atoms with van der Waals surface area (Å²) < 4.78 is 0. The van der Waals surface area contributed by atoms with E-state index in [1.54, 1.807) is 5.32 Å². The highest BCUT2D eigenvalue weighted by molar-refractivity contribution is 5.98. The summed E-state index contributed by atoms with van der Waals surface area (Å²) in [5.74, 6) is -1.99. The van der Waals surface area contributed by atoms with E-state index in [0.29, 0.717) is 6.08 Å². The van der Waals surface area contributed by atoms with Gasteiger partial charge in [-0.05, 0) is 0 Å². The van der Waals surface area contributed by atoms with E-state index in [1.165, 1.54) is 0 Å². The van der Waals surface area contributed by atoms with Crippen molar-refractivity contribution in [2.75, 3.05) is 0 Å². The number of carboxylic acids is 1. The van der Waals surface area contributed by atoms with Crippen molar-refractivity contribution < 1.29 is 19.5 Å². The number of carbonyl (C=O) groups excluding carboxylic acids is 2. The van der Waals surface area contributed by atoms with Crippen LogP contribution in [0.15, 0.2) is 12.2 Å². The number of carbonyl (C=O) groups is 3. The summed E-state index contributed by atoms with van der Waals surface area (Å²) in [6.07, 6.45) is 1.56. The average Bonchev–Trinajstić information content (AvgIpc) is 1.85. The first-order valence-corrected chi connectivity index (χ1v) is 2.32. The SMILES string of the molecule is O=CNC(=O)/C=C/C(=O)O. The fraction of sp³-hybridized carbons (Fsp3) is 0. The minimum absolute atomic E-state index is 0.175. The number of rotatable bonds is 3. The molecule has 0 aromatic heterocycles. The predicted octanol–water partition coefficient (Wildman–Crippen LogP) is -1.10. The van der Waals surface area contributed by atoms with Gasteiger partial charge in [-0.25, -0.2) is 4.79 Å². The molecule has 0 aliphatic carbocycles. The lowest BCUT2D eigenvalue weighted by atomic mass is 10.5. The van der Waals surface area contributed by atoms with E-state index in [1.807, 2.05) is 0 Å². The second-order valence-electron chi connectivity index (χ2n) is 1.30. The second-order valence-corrected chi connectivity index (χ2v) is 1.30. The van der Waals surface area contributed by atoms with Crippen LogP contribution in [0.1, 0.15) is 0 Å². The summed E-state index contributed by atoms with van der Waals surface area (Å²) >= 11 is 0. The van der Waals surface area contributed by atoms with E-state index in [0.717, 1.165) is 6.08 Å². The summed E-state index contributed by atoms with van der Waals surface area (Å²) in [6, 6.07) is 0. The Kier molecular flexibility index (Phi) is 3.55.